The Labute approximate surface area is 160 Å². The first-order valence-corrected chi connectivity index (χ1v) is 8.69. The quantitative estimate of drug-likeness (QED) is 0.675. The largest absolute Gasteiger partial charge is 0.491 e. The van der Waals surface area contributed by atoms with E-state index < -0.39 is 24.4 Å². The van der Waals surface area contributed by atoms with Gasteiger partial charge in [0, 0.05) is 6.20 Å². The summed E-state index contributed by atoms with van der Waals surface area (Å²) in [5, 5.41) is 12.2. The second-order valence-electron chi connectivity index (χ2n) is 6.49. The molecule has 0 bridgehead atoms. The first-order chi connectivity index (χ1) is 13.5. The molecule has 2 aromatic carbocycles. The highest BCUT2D eigenvalue weighted by Crippen LogP contribution is 2.16. The predicted molar refractivity (Wildman–Crippen MR) is 103 cm³/mol. The van der Waals surface area contributed by atoms with Crippen LogP contribution in [0.25, 0.3) is 0 Å². The molecule has 1 aliphatic rings. The molecule has 0 unspecified atom stereocenters. The van der Waals surface area contributed by atoms with Crippen molar-refractivity contribution in [3.8, 4) is 0 Å². The third-order valence-electron chi connectivity index (χ3n) is 4.60. The Kier molecular flexibility index (Phi) is 4.81. The van der Waals surface area contributed by atoms with Gasteiger partial charge in [0.1, 0.15) is 11.5 Å². The van der Waals surface area contributed by atoms with Crippen molar-refractivity contribution in [3.05, 3.63) is 93.7 Å². The van der Waals surface area contributed by atoms with Gasteiger partial charge in [-0.15, -0.1) is 0 Å². The molecule has 2 N–H and O–H groups in total. The summed E-state index contributed by atoms with van der Waals surface area (Å²) in [6, 6.07) is 14.9. The molecule has 28 heavy (non-hydrogen) atoms. The molecule has 0 atom stereocenters. The van der Waals surface area contributed by atoms with Crippen molar-refractivity contribution in [1.29, 1.82) is 0 Å². The topological polar surface area (TPSA) is 80.6 Å². The third kappa shape index (κ3) is 3.47. The van der Waals surface area contributed by atoms with Crippen LogP contribution in [0.5, 0.6) is 0 Å². The van der Waals surface area contributed by atoms with E-state index in [1.54, 1.807) is 12.3 Å². The summed E-state index contributed by atoms with van der Waals surface area (Å²) in [4.78, 5) is 25.2. The molecule has 0 radical (unpaired) electrons. The smallest absolute Gasteiger partial charge is 0.423 e. The lowest BCUT2D eigenvalue weighted by Crippen LogP contribution is -2.31. The summed E-state index contributed by atoms with van der Waals surface area (Å²) in [5.74, 6) is -1.51. The molecule has 1 aliphatic heterocycles. The minimum Gasteiger partial charge on any atom is -0.423 e. The molecule has 2 heterocycles. The predicted octanol–water partition coefficient (Wildman–Crippen LogP) is 1.51. The zero-order chi connectivity index (χ0) is 19.7. The highest BCUT2D eigenvalue weighted by Gasteiger charge is 2.30. The van der Waals surface area contributed by atoms with Gasteiger partial charge in [0.25, 0.3) is 11.5 Å². The number of fused-ring (bicyclic) bond motifs is 1. The van der Waals surface area contributed by atoms with Gasteiger partial charge in [0.05, 0.1) is 18.7 Å². The molecular weight excluding hydrogens is 362 g/mol. The van der Waals surface area contributed by atoms with Gasteiger partial charge in [-0.05, 0) is 40.9 Å². The minimum atomic E-state index is -1.19. The molecule has 0 fully saturated rings. The minimum absolute atomic E-state index is 0.0418. The van der Waals surface area contributed by atoms with Crippen LogP contribution in [-0.4, -0.2) is 22.6 Å². The summed E-state index contributed by atoms with van der Waals surface area (Å²) in [6.45, 7) is 0.429. The fraction of sp³-hybridized carbons (Fsp3) is 0.100. The summed E-state index contributed by atoms with van der Waals surface area (Å²) >= 11 is 0. The van der Waals surface area contributed by atoms with E-state index in [-0.39, 0.29) is 17.9 Å². The Balaban J connectivity index is 1.60. The van der Waals surface area contributed by atoms with E-state index in [1.807, 2.05) is 30.3 Å². The number of benzene rings is 2. The molecule has 8 heteroatoms. The highest BCUT2D eigenvalue weighted by atomic mass is 19.1. The molecule has 4 rings (SSSR count). The van der Waals surface area contributed by atoms with Gasteiger partial charge >= 0.3 is 7.12 Å². The van der Waals surface area contributed by atoms with Crippen molar-refractivity contribution in [1.82, 2.24) is 4.57 Å². The number of hydrogen-bond acceptors (Lipinski definition) is 4. The van der Waals surface area contributed by atoms with Crippen LogP contribution in [0.3, 0.4) is 0 Å². The molecule has 140 valence electrons. The lowest BCUT2D eigenvalue weighted by molar-refractivity contribution is 0.102. The van der Waals surface area contributed by atoms with E-state index in [0.29, 0.717) is 17.6 Å². The van der Waals surface area contributed by atoms with Crippen molar-refractivity contribution >= 4 is 24.2 Å². The molecule has 1 amide bonds. The van der Waals surface area contributed by atoms with Crippen LogP contribution < -0.4 is 16.3 Å². The average Bonchev–Trinajstić information content (AvgIpc) is 3.05. The van der Waals surface area contributed by atoms with Crippen LogP contribution in [0.4, 0.5) is 10.1 Å². The number of nitrogens with zero attached hydrogens (tertiary/aromatic N) is 1. The Bertz CT molecular complexity index is 1100. The maximum absolute atomic E-state index is 14.3. The van der Waals surface area contributed by atoms with Gasteiger partial charge in [-0.1, -0.05) is 30.3 Å². The fourth-order valence-corrected chi connectivity index (χ4v) is 3.14. The third-order valence-corrected chi connectivity index (χ3v) is 4.60. The Morgan fingerprint density at radius 1 is 1.21 bits per heavy atom. The normalized spacial score (nSPS) is 12.7. The summed E-state index contributed by atoms with van der Waals surface area (Å²) < 4.78 is 20.8. The van der Waals surface area contributed by atoms with Gasteiger partial charge in [0.2, 0.25) is 0 Å². The Hall–Kier alpha value is -3.23. The molecule has 0 spiro atoms. The van der Waals surface area contributed by atoms with Gasteiger partial charge in [-0.2, -0.15) is 0 Å². The van der Waals surface area contributed by atoms with E-state index >= 15 is 0 Å². The summed E-state index contributed by atoms with van der Waals surface area (Å²) in [7, 11) is -1.19. The van der Waals surface area contributed by atoms with Gasteiger partial charge < -0.3 is 19.6 Å². The van der Waals surface area contributed by atoms with Crippen molar-refractivity contribution in [2.75, 3.05) is 5.32 Å². The van der Waals surface area contributed by atoms with Crippen molar-refractivity contribution in [3.63, 3.8) is 0 Å². The van der Waals surface area contributed by atoms with Gasteiger partial charge in [-0.3, -0.25) is 9.59 Å². The standard InChI is InChI=1S/C20H16BFN2O4/c22-17-9-14-12-28-21(27)16(14)10-15(17)19(25)23-18-7-4-8-24(20(18)26)11-13-5-2-1-3-6-13/h1-10,27H,11-12H2,(H,23,25). The zero-order valence-corrected chi connectivity index (χ0v) is 14.8. The molecule has 3 aromatic rings. The number of hydrogen-bond donors (Lipinski definition) is 2. The van der Waals surface area contributed by atoms with Crippen LogP contribution in [0.15, 0.2) is 65.6 Å². The Morgan fingerprint density at radius 3 is 2.79 bits per heavy atom. The van der Waals surface area contributed by atoms with E-state index in [0.717, 1.165) is 5.56 Å². The van der Waals surface area contributed by atoms with Crippen LogP contribution in [-0.2, 0) is 17.8 Å². The van der Waals surface area contributed by atoms with Crippen LogP contribution in [0.1, 0.15) is 21.5 Å². The SMILES string of the molecule is O=C(Nc1cccn(Cc2ccccc2)c1=O)c1cc2c(cc1F)COB2O. The molecular formula is C20H16BFN2O4. The Morgan fingerprint density at radius 2 is 2.00 bits per heavy atom. The van der Waals surface area contributed by atoms with E-state index in [9.17, 15) is 19.0 Å². The van der Waals surface area contributed by atoms with Crippen molar-refractivity contribution in [2.45, 2.75) is 13.2 Å². The van der Waals surface area contributed by atoms with Crippen molar-refractivity contribution in [2.24, 2.45) is 0 Å². The number of rotatable bonds is 4. The second kappa shape index (κ2) is 7.42. The number of anilines is 1. The monoisotopic (exact) mass is 378 g/mol. The van der Waals surface area contributed by atoms with Gasteiger partial charge in [0.15, 0.2) is 0 Å². The molecule has 1 aromatic heterocycles. The highest BCUT2D eigenvalue weighted by molar-refractivity contribution is 6.61. The van der Waals surface area contributed by atoms with Crippen LogP contribution >= 0.6 is 0 Å². The van der Waals surface area contributed by atoms with E-state index in [4.69, 9.17) is 4.65 Å². The second-order valence-corrected chi connectivity index (χ2v) is 6.49. The average molecular weight is 378 g/mol. The fourth-order valence-electron chi connectivity index (χ4n) is 3.14. The number of carbonyl (C=O) groups is 1. The van der Waals surface area contributed by atoms with E-state index in [1.165, 1.54) is 22.8 Å². The van der Waals surface area contributed by atoms with Gasteiger partial charge in [-0.25, -0.2) is 4.39 Å². The number of halogens is 1. The number of carbonyl (C=O) groups excluding carboxylic acids is 1. The van der Waals surface area contributed by atoms with Crippen molar-refractivity contribution < 1.29 is 18.9 Å². The molecule has 0 aliphatic carbocycles. The lowest BCUT2D eigenvalue weighted by Gasteiger charge is -2.11. The first kappa shape index (κ1) is 18.2. The lowest BCUT2D eigenvalue weighted by atomic mass is 9.78. The molecule has 0 saturated carbocycles. The number of pyridine rings is 1. The molecule has 6 nitrogen and oxygen atoms in total. The maximum atomic E-state index is 14.3. The van der Waals surface area contributed by atoms with Crippen LogP contribution in [0, 0.1) is 5.82 Å². The zero-order valence-electron chi connectivity index (χ0n) is 14.8. The van der Waals surface area contributed by atoms with E-state index in [2.05, 4.69) is 5.32 Å². The first-order valence-electron chi connectivity index (χ1n) is 8.69. The maximum Gasteiger partial charge on any atom is 0.491 e. The number of aromatic nitrogens is 1. The summed E-state index contributed by atoms with van der Waals surface area (Å²) in [6.07, 6.45) is 1.62. The number of amides is 1. The van der Waals surface area contributed by atoms with Crippen LogP contribution in [0.2, 0.25) is 0 Å². The number of nitrogens with one attached hydrogen (secondary N) is 1. The molecule has 0 saturated heterocycles. The summed E-state index contributed by atoms with van der Waals surface area (Å²) in [5.41, 5.74) is 1.16.